The lowest BCUT2D eigenvalue weighted by atomic mass is 10.1. The molecule has 1 N–H and O–H groups in total. The number of carbonyl (C=O) groups excluding carboxylic acids is 1. The molecule has 1 atom stereocenters. The van der Waals surface area contributed by atoms with Gasteiger partial charge < -0.3 is 14.3 Å². The average Bonchev–Trinajstić information content (AvgIpc) is 3.52. The Morgan fingerprint density at radius 3 is 2.84 bits per heavy atom. The minimum atomic E-state index is -0.386. The van der Waals surface area contributed by atoms with Crippen molar-refractivity contribution in [3.63, 3.8) is 0 Å². The molecular weight excluding hydrogens is 416 g/mol. The molecule has 4 aromatic heterocycles. The van der Waals surface area contributed by atoms with Gasteiger partial charge in [0.25, 0.3) is 5.56 Å². The monoisotopic (exact) mass is 438 g/mol. The van der Waals surface area contributed by atoms with Crippen molar-refractivity contribution in [2.45, 2.75) is 32.7 Å². The Morgan fingerprint density at radius 1 is 1.29 bits per heavy atom. The van der Waals surface area contributed by atoms with E-state index in [0.717, 1.165) is 17.1 Å². The molecule has 0 aliphatic heterocycles. The number of hydrogen-bond donors (Lipinski definition) is 1. The van der Waals surface area contributed by atoms with Gasteiger partial charge in [-0.3, -0.25) is 9.59 Å². The number of aromatic nitrogens is 3. The van der Waals surface area contributed by atoms with Crippen molar-refractivity contribution in [1.82, 2.24) is 20.3 Å². The first kappa shape index (κ1) is 20.8. The molecular formula is C22H22N4O4S. The molecule has 31 heavy (non-hydrogen) atoms. The summed E-state index contributed by atoms with van der Waals surface area (Å²) in [5.74, 6) is 1.26. The van der Waals surface area contributed by atoms with Crippen molar-refractivity contribution >= 4 is 17.2 Å². The summed E-state index contributed by atoms with van der Waals surface area (Å²) in [6, 6.07) is 10.8. The third-order valence-electron chi connectivity index (χ3n) is 4.87. The maximum absolute atomic E-state index is 12.7. The van der Waals surface area contributed by atoms with E-state index in [1.54, 1.807) is 12.3 Å². The molecule has 0 saturated carbocycles. The van der Waals surface area contributed by atoms with Gasteiger partial charge in [-0.05, 0) is 36.9 Å². The molecule has 0 fully saturated rings. The van der Waals surface area contributed by atoms with Crippen LogP contribution in [0.5, 0.6) is 0 Å². The molecule has 4 rings (SSSR count). The van der Waals surface area contributed by atoms with Gasteiger partial charge in [0.05, 0.1) is 22.4 Å². The molecule has 0 saturated heterocycles. The van der Waals surface area contributed by atoms with Crippen molar-refractivity contribution in [2.75, 3.05) is 6.54 Å². The quantitative estimate of drug-likeness (QED) is 0.448. The van der Waals surface area contributed by atoms with Gasteiger partial charge in [-0.15, -0.1) is 11.3 Å². The molecule has 9 heteroatoms. The van der Waals surface area contributed by atoms with Crippen molar-refractivity contribution < 1.29 is 13.7 Å². The van der Waals surface area contributed by atoms with Crippen LogP contribution in [0.15, 0.2) is 61.8 Å². The molecule has 8 nitrogen and oxygen atoms in total. The van der Waals surface area contributed by atoms with E-state index < -0.39 is 0 Å². The van der Waals surface area contributed by atoms with Gasteiger partial charge in [-0.2, -0.15) is 5.10 Å². The number of amides is 1. The van der Waals surface area contributed by atoms with Crippen LogP contribution in [0.2, 0.25) is 0 Å². The van der Waals surface area contributed by atoms with Crippen molar-refractivity contribution in [3.8, 4) is 21.9 Å². The molecule has 0 radical (unpaired) electrons. The predicted octanol–water partition coefficient (Wildman–Crippen LogP) is 3.84. The Labute approximate surface area is 182 Å². The number of rotatable bonds is 8. The lowest BCUT2D eigenvalue weighted by Crippen LogP contribution is -2.34. The normalized spacial score (nSPS) is 12.1. The van der Waals surface area contributed by atoms with E-state index in [-0.39, 0.29) is 23.9 Å². The third-order valence-corrected chi connectivity index (χ3v) is 5.74. The molecule has 0 unspecified atom stereocenters. The number of aryl methyl sites for hydroxylation is 1. The number of nitrogens with zero attached hydrogens (tertiary/aromatic N) is 3. The van der Waals surface area contributed by atoms with Crippen LogP contribution < -0.4 is 10.9 Å². The fourth-order valence-corrected chi connectivity index (χ4v) is 3.93. The van der Waals surface area contributed by atoms with E-state index in [0.29, 0.717) is 29.3 Å². The number of hydrogen-bond acceptors (Lipinski definition) is 7. The second-order valence-corrected chi connectivity index (χ2v) is 8.22. The smallest absolute Gasteiger partial charge is 0.268 e. The summed E-state index contributed by atoms with van der Waals surface area (Å²) in [5, 5.41) is 13.2. The van der Waals surface area contributed by atoms with E-state index in [2.05, 4.69) is 15.6 Å². The number of furan rings is 1. The highest BCUT2D eigenvalue weighted by Crippen LogP contribution is 2.32. The Hall–Kier alpha value is -3.46. The van der Waals surface area contributed by atoms with E-state index in [9.17, 15) is 9.59 Å². The highest BCUT2D eigenvalue weighted by molar-refractivity contribution is 7.13. The highest BCUT2D eigenvalue weighted by atomic mass is 32.1. The minimum Gasteiger partial charge on any atom is -0.469 e. The predicted molar refractivity (Wildman–Crippen MR) is 117 cm³/mol. The standard InChI is InChI=1S/C22H22N4O4S/c1-14(17-5-3-9-29-17)7-8-23-20(27)13-26-21(28)12-16(18-11-15(2)25-30-18)22(24-26)19-6-4-10-31-19/h3-6,9-12,14H,7-8,13H2,1-2H3,(H,23,27)/t14-/m0/s1. The SMILES string of the molecule is Cc1cc(-c2cc(=O)n(CC(=O)NCC[C@H](C)c3ccco3)nc2-c2cccs2)on1. The first-order valence-electron chi connectivity index (χ1n) is 9.91. The highest BCUT2D eigenvalue weighted by Gasteiger charge is 2.18. The maximum atomic E-state index is 12.7. The van der Waals surface area contributed by atoms with Gasteiger partial charge in [0.15, 0.2) is 5.76 Å². The average molecular weight is 439 g/mol. The molecule has 0 spiro atoms. The molecule has 0 aliphatic rings. The summed E-state index contributed by atoms with van der Waals surface area (Å²) < 4.78 is 11.9. The lowest BCUT2D eigenvalue weighted by Gasteiger charge is -2.11. The molecule has 1 amide bonds. The van der Waals surface area contributed by atoms with E-state index >= 15 is 0 Å². The fraction of sp³-hybridized carbons (Fsp3) is 0.273. The molecule has 160 valence electrons. The third kappa shape index (κ3) is 4.83. The topological polar surface area (TPSA) is 103 Å². The largest absolute Gasteiger partial charge is 0.469 e. The van der Waals surface area contributed by atoms with Gasteiger partial charge in [0, 0.05) is 24.6 Å². The Morgan fingerprint density at radius 2 is 2.16 bits per heavy atom. The molecule has 4 heterocycles. The summed E-state index contributed by atoms with van der Waals surface area (Å²) >= 11 is 1.49. The number of carbonyl (C=O) groups is 1. The Kier molecular flexibility index (Phi) is 6.13. The minimum absolute atomic E-state index is 0.165. The van der Waals surface area contributed by atoms with Crippen LogP contribution in [-0.4, -0.2) is 27.4 Å². The van der Waals surface area contributed by atoms with Gasteiger partial charge >= 0.3 is 0 Å². The van der Waals surface area contributed by atoms with Crippen LogP contribution in [0.1, 0.15) is 30.7 Å². The zero-order valence-corrected chi connectivity index (χ0v) is 18.0. The second kappa shape index (κ2) is 9.13. The van der Waals surface area contributed by atoms with Crippen LogP contribution in [0.3, 0.4) is 0 Å². The van der Waals surface area contributed by atoms with Crippen LogP contribution in [-0.2, 0) is 11.3 Å². The molecule has 0 aromatic carbocycles. The van der Waals surface area contributed by atoms with E-state index in [4.69, 9.17) is 8.94 Å². The lowest BCUT2D eigenvalue weighted by molar-refractivity contribution is -0.121. The summed E-state index contributed by atoms with van der Waals surface area (Å²) in [5.41, 5.74) is 1.45. The van der Waals surface area contributed by atoms with E-state index in [1.807, 2.05) is 43.5 Å². The van der Waals surface area contributed by atoms with Gasteiger partial charge in [-0.1, -0.05) is 18.1 Å². The van der Waals surface area contributed by atoms with Crippen LogP contribution >= 0.6 is 11.3 Å². The van der Waals surface area contributed by atoms with Crippen molar-refractivity contribution in [1.29, 1.82) is 0 Å². The van der Waals surface area contributed by atoms with Crippen LogP contribution in [0, 0.1) is 6.92 Å². The van der Waals surface area contributed by atoms with Crippen LogP contribution in [0.25, 0.3) is 21.9 Å². The maximum Gasteiger partial charge on any atom is 0.268 e. The number of thiophene rings is 1. The summed E-state index contributed by atoms with van der Waals surface area (Å²) in [4.78, 5) is 26.0. The second-order valence-electron chi connectivity index (χ2n) is 7.27. The number of nitrogens with one attached hydrogen (secondary N) is 1. The summed E-state index contributed by atoms with van der Waals surface area (Å²) in [6.45, 7) is 4.16. The Balaban J connectivity index is 1.50. The zero-order valence-electron chi connectivity index (χ0n) is 17.2. The van der Waals surface area contributed by atoms with Gasteiger partial charge in [0.2, 0.25) is 5.91 Å². The van der Waals surface area contributed by atoms with Gasteiger partial charge in [0.1, 0.15) is 18.0 Å². The summed E-state index contributed by atoms with van der Waals surface area (Å²) in [7, 11) is 0. The zero-order chi connectivity index (χ0) is 21.8. The van der Waals surface area contributed by atoms with E-state index in [1.165, 1.54) is 22.1 Å². The van der Waals surface area contributed by atoms with Crippen molar-refractivity contribution in [3.05, 3.63) is 69.8 Å². The molecule has 4 aromatic rings. The first-order valence-corrected chi connectivity index (χ1v) is 10.8. The van der Waals surface area contributed by atoms with Gasteiger partial charge in [-0.25, -0.2) is 4.68 Å². The first-order chi connectivity index (χ1) is 15.0. The Bertz CT molecular complexity index is 1210. The van der Waals surface area contributed by atoms with Crippen LogP contribution in [0.4, 0.5) is 0 Å². The molecule has 0 aliphatic carbocycles. The summed E-state index contributed by atoms with van der Waals surface area (Å²) in [6.07, 6.45) is 2.36. The molecule has 0 bridgehead atoms. The van der Waals surface area contributed by atoms with Crippen molar-refractivity contribution in [2.24, 2.45) is 0 Å². The fourth-order valence-electron chi connectivity index (χ4n) is 3.21.